The lowest BCUT2D eigenvalue weighted by molar-refractivity contribution is -0.147. The Hall–Kier alpha value is -2.86. The maximum atomic E-state index is 13.4. The molecule has 1 N–H and O–H groups in total. The number of hydrogen-bond donors (Lipinski definition) is 1. The molecule has 1 fully saturated rings. The Morgan fingerprint density at radius 1 is 1.09 bits per heavy atom. The van der Waals surface area contributed by atoms with E-state index in [1.165, 1.54) is 7.11 Å². The van der Waals surface area contributed by atoms with Gasteiger partial charge in [0.2, 0.25) is 11.8 Å². The molecule has 1 heterocycles. The summed E-state index contributed by atoms with van der Waals surface area (Å²) in [6.45, 7) is 6.25. The predicted octanol–water partition coefficient (Wildman–Crippen LogP) is 4.44. The molecule has 7 heteroatoms. The van der Waals surface area contributed by atoms with Gasteiger partial charge in [0.05, 0.1) is 19.1 Å². The van der Waals surface area contributed by atoms with Crippen molar-refractivity contribution in [2.75, 3.05) is 7.11 Å². The van der Waals surface area contributed by atoms with Gasteiger partial charge < -0.3 is 15.0 Å². The Kier molecular flexibility index (Phi) is 8.14. The molecule has 0 saturated carbocycles. The molecule has 1 aliphatic heterocycles. The second-order valence-electron chi connectivity index (χ2n) is 8.98. The third kappa shape index (κ3) is 5.93. The Bertz CT molecular complexity index is 988. The quantitative estimate of drug-likeness (QED) is 0.607. The van der Waals surface area contributed by atoms with Crippen LogP contribution in [0.25, 0.3) is 0 Å². The first-order valence-electron chi connectivity index (χ1n) is 11.2. The SMILES string of the molecule is COC(=O)C1CC(C(=O)NCc2ccc(C)cc2)N(C(=O)CC(C)C)C1c1ccc(Cl)cc1. The fourth-order valence-electron chi connectivity index (χ4n) is 4.33. The minimum absolute atomic E-state index is 0.108. The van der Waals surface area contributed by atoms with E-state index in [0.29, 0.717) is 11.6 Å². The standard InChI is InChI=1S/C26H31ClN2O4/c1-16(2)13-23(30)29-22(25(31)28-15-18-7-5-17(3)6-8-18)14-21(26(32)33-4)24(29)19-9-11-20(27)12-10-19/h5-12,16,21-22,24H,13-15H2,1-4H3,(H,28,31). The molecule has 6 nitrogen and oxygen atoms in total. The number of hydrogen-bond acceptors (Lipinski definition) is 4. The Balaban J connectivity index is 1.92. The molecule has 2 aromatic rings. The van der Waals surface area contributed by atoms with Gasteiger partial charge in [-0.25, -0.2) is 0 Å². The summed E-state index contributed by atoms with van der Waals surface area (Å²) in [5.41, 5.74) is 2.85. The summed E-state index contributed by atoms with van der Waals surface area (Å²) in [7, 11) is 1.33. The third-order valence-corrected chi connectivity index (χ3v) is 6.22. The monoisotopic (exact) mass is 470 g/mol. The van der Waals surface area contributed by atoms with Gasteiger partial charge in [0.15, 0.2) is 0 Å². The Morgan fingerprint density at radius 2 is 1.73 bits per heavy atom. The van der Waals surface area contributed by atoms with E-state index in [2.05, 4.69) is 5.32 Å². The molecule has 176 valence electrons. The van der Waals surface area contributed by atoms with Crippen LogP contribution in [0.15, 0.2) is 48.5 Å². The number of nitrogens with one attached hydrogen (secondary N) is 1. The summed E-state index contributed by atoms with van der Waals surface area (Å²) < 4.78 is 5.05. The average Bonchev–Trinajstić information content (AvgIpc) is 3.19. The number of methoxy groups -OCH3 is 1. The van der Waals surface area contributed by atoms with Gasteiger partial charge in [-0.2, -0.15) is 0 Å². The van der Waals surface area contributed by atoms with Crippen LogP contribution in [0.1, 0.15) is 49.4 Å². The van der Waals surface area contributed by atoms with Gasteiger partial charge in [0, 0.05) is 18.0 Å². The first-order valence-corrected chi connectivity index (χ1v) is 11.6. The number of esters is 1. The van der Waals surface area contributed by atoms with Crippen molar-refractivity contribution >= 4 is 29.4 Å². The summed E-state index contributed by atoms with van der Waals surface area (Å²) in [6.07, 6.45) is 0.475. The van der Waals surface area contributed by atoms with E-state index in [4.69, 9.17) is 16.3 Å². The van der Waals surface area contributed by atoms with Gasteiger partial charge >= 0.3 is 5.97 Å². The number of likely N-dealkylation sites (tertiary alicyclic amines) is 1. The molecule has 0 aliphatic carbocycles. The van der Waals surface area contributed by atoms with Crippen molar-refractivity contribution < 1.29 is 19.1 Å². The summed E-state index contributed by atoms with van der Waals surface area (Å²) in [5.74, 6) is -1.42. The number of carbonyl (C=O) groups is 3. The van der Waals surface area contributed by atoms with Crippen LogP contribution in [0.3, 0.4) is 0 Å². The smallest absolute Gasteiger partial charge is 0.311 e. The van der Waals surface area contributed by atoms with Crippen molar-refractivity contribution in [3.05, 3.63) is 70.2 Å². The zero-order valence-corrected chi connectivity index (χ0v) is 20.3. The molecule has 0 spiro atoms. The molecule has 3 atom stereocenters. The zero-order chi connectivity index (χ0) is 24.1. The number of benzene rings is 2. The van der Waals surface area contributed by atoms with Crippen LogP contribution in [0.2, 0.25) is 5.02 Å². The topological polar surface area (TPSA) is 75.7 Å². The van der Waals surface area contributed by atoms with Crippen LogP contribution in [-0.4, -0.2) is 35.8 Å². The van der Waals surface area contributed by atoms with Crippen molar-refractivity contribution in [3.8, 4) is 0 Å². The number of halogens is 1. The molecule has 2 amide bonds. The highest BCUT2D eigenvalue weighted by Gasteiger charge is 2.50. The third-order valence-electron chi connectivity index (χ3n) is 5.97. The first kappa shape index (κ1) is 24.8. The minimum atomic E-state index is -0.772. The second-order valence-corrected chi connectivity index (χ2v) is 9.42. The molecular formula is C26H31ClN2O4. The van der Waals surface area contributed by atoms with Crippen molar-refractivity contribution in [2.45, 2.75) is 52.2 Å². The van der Waals surface area contributed by atoms with E-state index in [-0.39, 0.29) is 30.6 Å². The number of rotatable bonds is 7. The average molecular weight is 471 g/mol. The minimum Gasteiger partial charge on any atom is -0.469 e. The lowest BCUT2D eigenvalue weighted by atomic mass is 9.93. The summed E-state index contributed by atoms with van der Waals surface area (Å²) >= 11 is 6.06. The van der Waals surface area contributed by atoms with Gasteiger partial charge in [0.25, 0.3) is 0 Å². The van der Waals surface area contributed by atoms with Crippen LogP contribution in [0.5, 0.6) is 0 Å². The molecule has 1 aliphatic rings. The van der Waals surface area contributed by atoms with E-state index < -0.39 is 24.0 Å². The van der Waals surface area contributed by atoms with Gasteiger partial charge in [0.1, 0.15) is 6.04 Å². The molecule has 3 rings (SSSR count). The van der Waals surface area contributed by atoms with Gasteiger partial charge in [-0.1, -0.05) is 67.4 Å². The molecular weight excluding hydrogens is 440 g/mol. The van der Waals surface area contributed by atoms with E-state index in [0.717, 1.165) is 16.7 Å². The number of ether oxygens (including phenoxy) is 1. The number of nitrogens with zero attached hydrogens (tertiary/aromatic N) is 1. The molecule has 1 saturated heterocycles. The highest BCUT2D eigenvalue weighted by Crippen LogP contribution is 2.43. The Morgan fingerprint density at radius 3 is 2.30 bits per heavy atom. The van der Waals surface area contributed by atoms with Gasteiger partial charge in [-0.3, -0.25) is 14.4 Å². The van der Waals surface area contributed by atoms with Gasteiger partial charge in [-0.15, -0.1) is 0 Å². The Labute approximate surface area is 200 Å². The predicted molar refractivity (Wildman–Crippen MR) is 127 cm³/mol. The van der Waals surface area contributed by atoms with E-state index in [1.807, 2.05) is 45.0 Å². The molecule has 0 aromatic heterocycles. The number of carbonyl (C=O) groups excluding carboxylic acids is 3. The summed E-state index contributed by atoms with van der Waals surface area (Å²) in [4.78, 5) is 40.9. The van der Waals surface area contributed by atoms with Crippen LogP contribution < -0.4 is 5.32 Å². The molecule has 33 heavy (non-hydrogen) atoms. The van der Waals surface area contributed by atoms with Gasteiger partial charge in [-0.05, 0) is 42.5 Å². The molecule has 3 unspecified atom stereocenters. The van der Waals surface area contributed by atoms with Crippen molar-refractivity contribution in [2.24, 2.45) is 11.8 Å². The molecule has 0 radical (unpaired) electrons. The lowest BCUT2D eigenvalue weighted by Gasteiger charge is -2.32. The van der Waals surface area contributed by atoms with Crippen molar-refractivity contribution in [1.82, 2.24) is 10.2 Å². The highest BCUT2D eigenvalue weighted by molar-refractivity contribution is 6.30. The number of amides is 2. The normalized spacial score (nSPS) is 20.1. The summed E-state index contributed by atoms with van der Waals surface area (Å²) in [6, 6.07) is 13.6. The summed E-state index contributed by atoms with van der Waals surface area (Å²) in [5, 5.41) is 3.51. The molecule has 2 aromatic carbocycles. The largest absolute Gasteiger partial charge is 0.469 e. The highest BCUT2D eigenvalue weighted by atomic mass is 35.5. The van der Waals surface area contributed by atoms with Crippen LogP contribution in [0.4, 0.5) is 0 Å². The maximum Gasteiger partial charge on any atom is 0.311 e. The molecule has 0 bridgehead atoms. The van der Waals surface area contributed by atoms with Crippen LogP contribution in [0, 0.1) is 18.8 Å². The lowest BCUT2D eigenvalue weighted by Crippen LogP contribution is -2.47. The van der Waals surface area contributed by atoms with E-state index in [1.54, 1.807) is 29.2 Å². The van der Waals surface area contributed by atoms with Crippen molar-refractivity contribution in [3.63, 3.8) is 0 Å². The van der Waals surface area contributed by atoms with E-state index >= 15 is 0 Å². The first-order chi connectivity index (χ1) is 15.7. The van der Waals surface area contributed by atoms with E-state index in [9.17, 15) is 14.4 Å². The zero-order valence-electron chi connectivity index (χ0n) is 19.5. The fourth-order valence-corrected chi connectivity index (χ4v) is 4.46. The second kappa shape index (κ2) is 10.8. The maximum absolute atomic E-state index is 13.4. The van der Waals surface area contributed by atoms with Crippen LogP contribution in [-0.2, 0) is 25.7 Å². The van der Waals surface area contributed by atoms with Crippen LogP contribution >= 0.6 is 11.6 Å². The number of aryl methyl sites for hydroxylation is 1. The van der Waals surface area contributed by atoms with Crippen molar-refractivity contribution in [1.29, 1.82) is 0 Å². The fraction of sp³-hybridized carbons (Fsp3) is 0.423.